The zero-order valence-electron chi connectivity index (χ0n) is 10.7. The summed E-state index contributed by atoms with van der Waals surface area (Å²) in [5.41, 5.74) is 0.366. The number of nitrogens with zero attached hydrogens (tertiary/aromatic N) is 1. The van der Waals surface area contributed by atoms with Gasteiger partial charge < -0.3 is 9.84 Å². The lowest BCUT2D eigenvalue weighted by atomic mass is 10.0. The van der Waals surface area contributed by atoms with Crippen LogP contribution >= 0.6 is 0 Å². The molecule has 0 spiro atoms. The van der Waals surface area contributed by atoms with Crippen LogP contribution in [-0.4, -0.2) is 49.2 Å². The standard InChI is InChI=1S/C13H17NO4S/c1-10-2-4-11(5-3-10)19(16,17)14-7-6-12-13(8-14,9-15)18-12/h2-5,12,15H,6-9H2,1H3. The number of piperidine rings is 1. The number of hydrogen-bond donors (Lipinski definition) is 1. The van der Waals surface area contributed by atoms with Gasteiger partial charge in [-0.3, -0.25) is 0 Å². The van der Waals surface area contributed by atoms with E-state index in [1.54, 1.807) is 24.3 Å². The maximum atomic E-state index is 12.5. The van der Waals surface area contributed by atoms with E-state index in [0.29, 0.717) is 17.9 Å². The van der Waals surface area contributed by atoms with Crippen LogP contribution < -0.4 is 0 Å². The first-order valence-corrected chi connectivity index (χ1v) is 7.77. The Kier molecular flexibility index (Phi) is 2.94. The first-order valence-electron chi connectivity index (χ1n) is 6.33. The minimum atomic E-state index is -3.49. The molecule has 2 aliphatic heterocycles. The molecule has 104 valence electrons. The number of sulfonamides is 1. The predicted octanol–water partition coefficient (Wildman–Crippen LogP) is 0.519. The third kappa shape index (κ3) is 2.08. The Morgan fingerprint density at radius 1 is 1.42 bits per heavy atom. The summed E-state index contributed by atoms with van der Waals surface area (Å²) in [4.78, 5) is 0.297. The second-order valence-corrected chi connectivity index (χ2v) is 7.21. The van der Waals surface area contributed by atoms with Crippen LogP contribution in [0.15, 0.2) is 29.2 Å². The molecule has 6 heteroatoms. The van der Waals surface area contributed by atoms with Crippen LogP contribution in [0.4, 0.5) is 0 Å². The van der Waals surface area contributed by atoms with Crippen LogP contribution in [0.5, 0.6) is 0 Å². The minimum Gasteiger partial charge on any atom is -0.393 e. The molecule has 19 heavy (non-hydrogen) atoms. The first kappa shape index (κ1) is 13.1. The Morgan fingerprint density at radius 2 is 2.11 bits per heavy atom. The van der Waals surface area contributed by atoms with Gasteiger partial charge in [-0.25, -0.2) is 8.42 Å². The van der Waals surface area contributed by atoms with Crippen molar-refractivity contribution in [2.75, 3.05) is 19.7 Å². The van der Waals surface area contributed by atoms with E-state index in [2.05, 4.69) is 0 Å². The molecule has 0 amide bonds. The summed E-state index contributed by atoms with van der Waals surface area (Å²) in [7, 11) is -3.49. The molecule has 0 bridgehead atoms. The fourth-order valence-corrected chi connectivity index (χ4v) is 4.12. The van der Waals surface area contributed by atoms with E-state index in [9.17, 15) is 13.5 Å². The van der Waals surface area contributed by atoms with Crippen LogP contribution in [0.25, 0.3) is 0 Å². The smallest absolute Gasteiger partial charge is 0.243 e. The molecular weight excluding hydrogens is 266 g/mol. The number of hydrogen-bond acceptors (Lipinski definition) is 4. The van der Waals surface area contributed by atoms with E-state index in [0.717, 1.165) is 5.56 Å². The maximum absolute atomic E-state index is 12.5. The minimum absolute atomic E-state index is 0.0157. The van der Waals surface area contributed by atoms with E-state index in [1.807, 2.05) is 6.92 Å². The van der Waals surface area contributed by atoms with Gasteiger partial charge in [0.1, 0.15) is 5.60 Å². The summed E-state index contributed by atoms with van der Waals surface area (Å²) in [6.07, 6.45) is 0.660. The zero-order valence-corrected chi connectivity index (χ0v) is 11.6. The highest BCUT2D eigenvalue weighted by atomic mass is 32.2. The second-order valence-electron chi connectivity index (χ2n) is 5.27. The summed E-state index contributed by atoms with van der Waals surface area (Å²) in [5.74, 6) is 0. The zero-order chi connectivity index (χ0) is 13.7. The molecule has 0 saturated carbocycles. The van der Waals surface area contributed by atoms with Gasteiger partial charge in [-0.2, -0.15) is 4.31 Å². The number of ether oxygens (including phenoxy) is 1. The molecule has 2 saturated heterocycles. The van der Waals surface area contributed by atoms with Gasteiger partial charge in [0.05, 0.1) is 17.6 Å². The van der Waals surface area contributed by atoms with Crippen molar-refractivity contribution in [1.29, 1.82) is 0 Å². The van der Waals surface area contributed by atoms with Crippen molar-refractivity contribution in [2.24, 2.45) is 0 Å². The van der Waals surface area contributed by atoms with Crippen molar-refractivity contribution in [3.05, 3.63) is 29.8 Å². The molecule has 1 N–H and O–H groups in total. The lowest BCUT2D eigenvalue weighted by molar-refractivity contribution is 0.151. The summed E-state index contributed by atoms with van der Waals surface area (Å²) >= 11 is 0. The number of epoxide rings is 1. The van der Waals surface area contributed by atoms with Crippen LogP contribution in [0.1, 0.15) is 12.0 Å². The monoisotopic (exact) mass is 283 g/mol. The van der Waals surface area contributed by atoms with Gasteiger partial charge in [0.2, 0.25) is 10.0 Å². The quantitative estimate of drug-likeness (QED) is 0.821. The van der Waals surface area contributed by atoms with Crippen LogP contribution in [0, 0.1) is 6.92 Å². The maximum Gasteiger partial charge on any atom is 0.243 e. The van der Waals surface area contributed by atoms with Crippen molar-refractivity contribution in [2.45, 2.75) is 29.9 Å². The summed E-state index contributed by atoms with van der Waals surface area (Å²) in [6, 6.07) is 6.82. The third-order valence-corrected chi connectivity index (χ3v) is 5.78. The Labute approximate surface area is 112 Å². The Balaban J connectivity index is 1.86. The van der Waals surface area contributed by atoms with E-state index in [-0.39, 0.29) is 19.3 Å². The highest BCUT2D eigenvalue weighted by Gasteiger charge is 2.60. The predicted molar refractivity (Wildman–Crippen MR) is 69.2 cm³/mol. The van der Waals surface area contributed by atoms with Gasteiger partial charge in [-0.15, -0.1) is 0 Å². The molecule has 0 radical (unpaired) electrons. The molecular formula is C13H17NO4S. The van der Waals surface area contributed by atoms with E-state index < -0.39 is 15.6 Å². The van der Waals surface area contributed by atoms with Crippen molar-refractivity contribution in [1.82, 2.24) is 4.31 Å². The number of benzene rings is 1. The molecule has 2 unspecified atom stereocenters. The highest BCUT2D eigenvalue weighted by Crippen LogP contribution is 2.43. The molecule has 3 rings (SSSR count). The second kappa shape index (κ2) is 4.28. The molecule has 1 aromatic rings. The molecule has 5 nitrogen and oxygen atoms in total. The first-order chi connectivity index (χ1) is 8.98. The van der Waals surface area contributed by atoms with Gasteiger partial charge in [-0.1, -0.05) is 17.7 Å². The summed E-state index contributed by atoms with van der Waals surface area (Å²) < 4.78 is 31.9. The number of fused-ring (bicyclic) bond motifs is 1. The SMILES string of the molecule is Cc1ccc(S(=O)(=O)N2CCC3OC3(CO)C2)cc1. The third-order valence-electron chi connectivity index (χ3n) is 3.92. The normalized spacial score (nSPS) is 30.9. The largest absolute Gasteiger partial charge is 0.393 e. The van der Waals surface area contributed by atoms with Crippen LogP contribution in [0.3, 0.4) is 0 Å². The van der Waals surface area contributed by atoms with Gasteiger partial charge in [0.15, 0.2) is 0 Å². The van der Waals surface area contributed by atoms with Crippen LogP contribution in [0.2, 0.25) is 0 Å². The Hall–Kier alpha value is -0.950. The lowest BCUT2D eigenvalue weighted by Gasteiger charge is -2.28. The fraction of sp³-hybridized carbons (Fsp3) is 0.538. The Morgan fingerprint density at radius 3 is 2.74 bits per heavy atom. The molecule has 2 fully saturated rings. The van der Waals surface area contributed by atoms with E-state index in [1.165, 1.54) is 4.31 Å². The number of aliphatic hydroxyl groups is 1. The van der Waals surface area contributed by atoms with Gasteiger partial charge in [0.25, 0.3) is 0 Å². The molecule has 0 aliphatic carbocycles. The van der Waals surface area contributed by atoms with Crippen molar-refractivity contribution < 1.29 is 18.3 Å². The van der Waals surface area contributed by atoms with Gasteiger partial charge in [-0.05, 0) is 25.5 Å². The summed E-state index contributed by atoms with van der Waals surface area (Å²) in [5, 5.41) is 9.34. The molecule has 2 aliphatic rings. The highest BCUT2D eigenvalue weighted by molar-refractivity contribution is 7.89. The average Bonchev–Trinajstić information content (AvgIpc) is 3.13. The Bertz CT molecular complexity index is 583. The molecule has 1 aromatic carbocycles. The van der Waals surface area contributed by atoms with Crippen molar-refractivity contribution in [3.8, 4) is 0 Å². The van der Waals surface area contributed by atoms with Crippen molar-refractivity contribution in [3.63, 3.8) is 0 Å². The number of rotatable bonds is 3. The molecule has 0 aromatic heterocycles. The molecule has 2 heterocycles. The van der Waals surface area contributed by atoms with E-state index >= 15 is 0 Å². The topological polar surface area (TPSA) is 70.1 Å². The fourth-order valence-electron chi connectivity index (χ4n) is 2.60. The average molecular weight is 283 g/mol. The van der Waals surface area contributed by atoms with Crippen molar-refractivity contribution >= 4 is 10.0 Å². The molecule has 2 atom stereocenters. The number of aryl methyl sites for hydroxylation is 1. The van der Waals surface area contributed by atoms with Gasteiger partial charge >= 0.3 is 0 Å². The lowest BCUT2D eigenvalue weighted by Crippen LogP contribution is -2.46. The van der Waals surface area contributed by atoms with Crippen LogP contribution in [-0.2, 0) is 14.8 Å². The summed E-state index contributed by atoms with van der Waals surface area (Å²) in [6.45, 7) is 2.48. The van der Waals surface area contributed by atoms with Gasteiger partial charge in [0, 0.05) is 13.1 Å². The number of aliphatic hydroxyl groups excluding tert-OH is 1. The van der Waals surface area contributed by atoms with E-state index in [4.69, 9.17) is 4.74 Å².